The molecule has 1 unspecified atom stereocenters. The molecule has 9 nitrogen and oxygen atoms in total. The van der Waals surface area contributed by atoms with Crippen LogP contribution < -0.4 is 4.74 Å². The molecule has 1 aliphatic heterocycles. The van der Waals surface area contributed by atoms with Gasteiger partial charge in [-0.1, -0.05) is 41.8 Å². The lowest BCUT2D eigenvalue weighted by Gasteiger charge is -2.09. The van der Waals surface area contributed by atoms with Gasteiger partial charge in [-0.3, -0.25) is 4.79 Å². The maximum Gasteiger partial charge on any atom is 0.934 e. The van der Waals surface area contributed by atoms with Gasteiger partial charge in [0.2, 0.25) is 0 Å². The lowest BCUT2D eigenvalue weighted by molar-refractivity contribution is -0.343. The van der Waals surface area contributed by atoms with Gasteiger partial charge in [0.1, 0.15) is 5.69 Å². The molecule has 0 saturated heterocycles. The summed E-state index contributed by atoms with van der Waals surface area (Å²) >= 11 is 12.5. The van der Waals surface area contributed by atoms with Crippen molar-refractivity contribution in [1.29, 1.82) is 0 Å². The van der Waals surface area contributed by atoms with Gasteiger partial charge in [0.05, 0.1) is 33.3 Å². The number of carbonyl (C=O) groups is 3. The van der Waals surface area contributed by atoms with E-state index in [2.05, 4.69) is 10.2 Å². The number of allylic oxidation sites excluding steroid dienone is 7. The van der Waals surface area contributed by atoms with E-state index in [4.69, 9.17) is 27.9 Å². The zero-order valence-electron chi connectivity index (χ0n) is 23.6. The van der Waals surface area contributed by atoms with Crippen LogP contribution in [0.25, 0.3) is 0 Å². The van der Waals surface area contributed by atoms with Gasteiger partial charge in [0.25, 0.3) is 0 Å². The minimum atomic E-state index is -2.82. The third-order valence-electron chi connectivity index (χ3n) is 7.11. The first-order valence-corrected chi connectivity index (χ1v) is 14.0. The monoisotopic (exact) mass is 642 g/mol. The highest BCUT2D eigenvalue weighted by molar-refractivity contribution is 6.37. The number of ether oxygens (including phenoxy) is 1. The molecular weight excluding hydrogens is 618 g/mol. The van der Waals surface area contributed by atoms with Crippen LogP contribution in [-0.4, -0.2) is 45.7 Å². The predicted molar refractivity (Wildman–Crippen MR) is 162 cm³/mol. The SMILES string of the molecule is CC1=CC(C)=C(/C=C2/C=CC(CCC(=O)Oc3c(Cl)cc(N=Nc4cc(C(=O)O)ccc4C(=O)O)cc3Cl)=[N+]2B(F)F)C1C. The molecular formula is C30H25BCl2F2N3O6+. The molecule has 2 aromatic rings. The number of nitrogens with zero attached hydrogens (tertiary/aromatic N) is 3. The van der Waals surface area contributed by atoms with E-state index < -0.39 is 25.3 Å². The molecule has 1 atom stereocenters. The van der Waals surface area contributed by atoms with Gasteiger partial charge in [-0.25, -0.2) is 22.7 Å². The molecule has 14 heteroatoms. The van der Waals surface area contributed by atoms with E-state index in [-0.39, 0.29) is 62.8 Å². The number of benzene rings is 2. The zero-order valence-corrected chi connectivity index (χ0v) is 25.2. The Morgan fingerprint density at radius 2 is 1.73 bits per heavy atom. The van der Waals surface area contributed by atoms with Crippen molar-refractivity contribution in [2.45, 2.75) is 33.6 Å². The van der Waals surface area contributed by atoms with E-state index in [0.717, 1.165) is 39.4 Å². The van der Waals surface area contributed by atoms with Gasteiger partial charge in [-0.05, 0) is 55.3 Å². The molecule has 44 heavy (non-hydrogen) atoms. The number of carbonyl (C=O) groups excluding carboxylic acids is 1. The summed E-state index contributed by atoms with van der Waals surface area (Å²) in [7, 11) is -2.82. The number of carboxylic acid groups (broad SMARTS) is 2. The van der Waals surface area contributed by atoms with Crippen molar-refractivity contribution in [2.24, 2.45) is 16.1 Å². The van der Waals surface area contributed by atoms with Crippen LogP contribution in [-0.2, 0) is 4.79 Å². The molecule has 0 fully saturated rings. The average molecular weight is 643 g/mol. The van der Waals surface area contributed by atoms with Crippen molar-refractivity contribution in [3.8, 4) is 5.75 Å². The fraction of sp³-hybridized carbons (Fsp3) is 0.200. The van der Waals surface area contributed by atoms with Gasteiger partial charge in [-0.15, -0.1) is 5.11 Å². The van der Waals surface area contributed by atoms with Crippen LogP contribution in [0, 0.1) is 5.92 Å². The summed E-state index contributed by atoms with van der Waals surface area (Å²) in [6, 6.07) is 5.77. The number of esters is 1. The molecule has 0 amide bonds. The summed E-state index contributed by atoms with van der Waals surface area (Å²) in [5.74, 6) is -3.46. The smallest absolute Gasteiger partial charge is 0.478 e. The average Bonchev–Trinajstić information content (AvgIpc) is 3.47. The fourth-order valence-corrected chi connectivity index (χ4v) is 5.29. The van der Waals surface area contributed by atoms with Crippen LogP contribution in [0.2, 0.25) is 10.0 Å². The van der Waals surface area contributed by atoms with Crippen LogP contribution in [0.15, 0.2) is 87.3 Å². The second kappa shape index (κ2) is 13.5. The number of hydrogen-bond acceptors (Lipinski definition) is 6. The molecule has 4 rings (SSSR count). The molecule has 1 aliphatic carbocycles. The van der Waals surface area contributed by atoms with E-state index in [9.17, 15) is 33.2 Å². The molecule has 226 valence electrons. The fourth-order valence-electron chi connectivity index (χ4n) is 4.74. The summed E-state index contributed by atoms with van der Waals surface area (Å²) in [5, 5.41) is 26.0. The maximum absolute atomic E-state index is 14.1. The Hall–Kier alpha value is -4.42. The molecule has 0 saturated carbocycles. The van der Waals surface area contributed by atoms with Crippen LogP contribution >= 0.6 is 23.2 Å². The summed E-state index contributed by atoms with van der Waals surface area (Å²) in [6.45, 7) is 5.95. The van der Waals surface area contributed by atoms with Crippen molar-refractivity contribution >= 4 is 65.6 Å². The summed E-state index contributed by atoms with van der Waals surface area (Å²) in [4.78, 5) is 35.4. The Morgan fingerprint density at radius 1 is 1.05 bits per heavy atom. The van der Waals surface area contributed by atoms with Crippen molar-refractivity contribution in [2.75, 3.05) is 0 Å². The minimum absolute atomic E-state index is 0.0370. The maximum atomic E-state index is 14.1. The topological polar surface area (TPSA) is 129 Å². The number of azo groups is 1. The molecule has 0 aromatic heterocycles. The molecule has 2 aromatic carbocycles. The number of halogens is 4. The zero-order chi connectivity index (χ0) is 32.3. The number of aromatic carboxylic acids is 2. The molecule has 0 bridgehead atoms. The Labute approximate surface area is 261 Å². The van der Waals surface area contributed by atoms with Crippen LogP contribution in [0.3, 0.4) is 0 Å². The van der Waals surface area contributed by atoms with E-state index >= 15 is 0 Å². The molecule has 2 aliphatic rings. The normalized spacial score (nSPS) is 17.2. The summed E-state index contributed by atoms with van der Waals surface area (Å²) in [5.41, 5.74) is 3.06. The van der Waals surface area contributed by atoms with Gasteiger partial charge in [0.15, 0.2) is 17.2 Å². The van der Waals surface area contributed by atoms with Crippen molar-refractivity contribution in [1.82, 2.24) is 0 Å². The number of carboxylic acids is 2. The summed E-state index contributed by atoms with van der Waals surface area (Å²) in [6.07, 6.45) is 6.62. The predicted octanol–water partition coefficient (Wildman–Crippen LogP) is 8.23. The van der Waals surface area contributed by atoms with Crippen molar-refractivity contribution in [3.63, 3.8) is 0 Å². The van der Waals surface area contributed by atoms with Crippen molar-refractivity contribution < 1.29 is 42.5 Å². The highest BCUT2D eigenvalue weighted by Gasteiger charge is 2.42. The van der Waals surface area contributed by atoms with E-state index in [1.54, 1.807) is 18.2 Å². The van der Waals surface area contributed by atoms with Gasteiger partial charge < -0.3 is 14.9 Å². The Bertz CT molecular complexity index is 1740. The van der Waals surface area contributed by atoms with Crippen LogP contribution in [0.4, 0.5) is 20.0 Å². The largest absolute Gasteiger partial charge is 0.934 e. The Kier molecular flexibility index (Phi) is 9.96. The number of rotatable bonds is 10. The lowest BCUT2D eigenvalue weighted by atomic mass is 9.97. The van der Waals surface area contributed by atoms with E-state index in [1.807, 2.05) is 26.8 Å². The van der Waals surface area contributed by atoms with E-state index in [0.29, 0.717) is 5.70 Å². The minimum Gasteiger partial charge on any atom is -0.478 e. The standard InChI is InChI=1S/C30H24BCl2F2N3O6/c1-15-10-16(2)23(17(15)3)14-21-6-5-20(38(21)31(34)35)7-9-27(39)44-28-24(32)12-19(13-25(28)33)36-37-26-11-18(29(40)41)4-8-22(26)30(42)43/h4-6,8,10-14,17H,7,9H2,1-3H3,(H-,40,41,42,43)/p+1/b21-14-,37-36?. The molecule has 2 N–H and O–H groups in total. The highest BCUT2D eigenvalue weighted by Crippen LogP contribution is 2.38. The second-order valence-electron chi connectivity index (χ2n) is 10.0. The third-order valence-corrected chi connectivity index (χ3v) is 7.68. The van der Waals surface area contributed by atoms with Gasteiger partial charge in [-0.2, -0.15) is 5.11 Å². The van der Waals surface area contributed by atoms with Crippen LogP contribution in [0.5, 0.6) is 5.75 Å². The lowest BCUT2D eigenvalue weighted by Crippen LogP contribution is -2.25. The first-order chi connectivity index (χ1) is 20.8. The third kappa shape index (κ3) is 7.20. The Balaban J connectivity index is 1.47. The van der Waals surface area contributed by atoms with Crippen LogP contribution in [0.1, 0.15) is 54.3 Å². The van der Waals surface area contributed by atoms with Gasteiger partial charge >= 0.3 is 25.3 Å². The first-order valence-electron chi connectivity index (χ1n) is 13.2. The first kappa shape index (κ1) is 32.5. The summed E-state index contributed by atoms with van der Waals surface area (Å²) < 4.78 is 34.3. The molecule has 0 spiro atoms. The quantitative estimate of drug-likeness (QED) is 0.116. The second-order valence-corrected chi connectivity index (χ2v) is 10.9. The van der Waals surface area contributed by atoms with Crippen molar-refractivity contribution in [3.05, 3.63) is 98.2 Å². The van der Waals surface area contributed by atoms with E-state index in [1.165, 1.54) is 12.1 Å². The van der Waals surface area contributed by atoms with Gasteiger partial charge in [0, 0.05) is 30.6 Å². The number of hydrogen-bond donors (Lipinski definition) is 2. The molecule has 1 heterocycles. The Morgan fingerprint density at radius 3 is 2.30 bits per heavy atom. The highest BCUT2D eigenvalue weighted by atomic mass is 35.5. The molecule has 0 radical (unpaired) electrons.